The van der Waals surface area contributed by atoms with Crippen LogP contribution in [0.2, 0.25) is 0 Å². The highest BCUT2D eigenvalue weighted by Crippen LogP contribution is 2.34. The fourth-order valence-corrected chi connectivity index (χ4v) is 3.67. The smallest absolute Gasteiger partial charge is 0.387 e. The lowest BCUT2D eigenvalue weighted by Crippen LogP contribution is -2.22. The number of hydrogen-bond donors (Lipinski definition) is 1. The Kier molecular flexibility index (Phi) is 6.91. The minimum absolute atomic E-state index is 0.0179. The number of fused-ring (bicyclic) bond motifs is 1. The third-order valence-electron chi connectivity index (χ3n) is 5.21. The average Bonchev–Trinajstić information content (AvgIpc) is 3.15. The van der Waals surface area contributed by atoms with Crippen LogP contribution in [0.5, 0.6) is 17.2 Å². The van der Waals surface area contributed by atoms with E-state index in [2.05, 4.69) is 4.74 Å². The van der Waals surface area contributed by atoms with Crippen molar-refractivity contribution < 1.29 is 37.7 Å². The first kappa shape index (κ1) is 23.0. The highest BCUT2D eigenvalue weighted by atomic mass is 19.3. The summed E-state index contributed by atoms with van der Waals surface area (Å²) in [5.41, 5.74) is 2.75. The number of halogens is 2. The Morgan fingerprint density at radius 2 is 1.76 bits per heavy atom. The van der Waals surface area contributed by atoms with E-state index in [1.165, 1.54) is 12.1 Å². The van der Waals surface area contributed by atoms with Crippen LogP contribution in [-0.4, -0.2) is 36.8 Å². The van der Waals surface area contributed by atoms with E-state index in [1.54, 1.807) is 53.4 Å². The number of carboxylic acids is 1. The number of amides is 1. The van der Waals surface area contributed by atoms with Crippen molar-refractivity contribution in [3.05, 3.63) is 83.4 Å². The lowest BCUT2D eigenvalue weighted by Gasteiger charge is -2.16. The third kappa shape index (κ3) is 5.43. The predicted molar refractivity (Wildman–Crippen MR) is 119 cm³/mol. The molecule has 4 rings (SSSR count). The van der Waals surface area contributed by atoms with Crippen molar-refractivity contribution in [2.75, 3.05) is 18.1 Å². The molecular weight excluding hydrogens is 448 g/mol. The molecule has 1 amide bonds. The molecule has 0 spiro atoms. The van der Waals surface area contributed by atoms with Gasteiger partial charge < -0.3 is 24.2 Å². The van der Waals surface area contributed by atoms with Crippen LogP contribution < -0.4 is 19.1 Å². The molecule has 1 aliphatic rings. The van der Waals surface area contributed by atoms with E-state index < -0.39 is 19.2 Å². The summed E-state index contributed by atoms with van der Waals surface area (Å²) in [6, 6.07) is 18.3. The van der Waals surface area contributed by atoms with E-state index in [1.807, 2.05) is 6.07 Å². The molecule has 0 aromatic heterocycles. The molecule has 0 saturated carbocycles. The van der Waals surface area contributed by atoms with Crippen LogP contribution in [0.3, 0.4) is 0 Å². The maximum atomic E-state index is 12.9. The van der Waals surface area contributed by atoms with E-state index in [-0.39, 0.29) is 18.2 Å². The summed E-state index contributed by atoms with van der Waals surface area (Å²) in [6.45, 7) is -2.70. The first-order valence-electron chi connectivity index (χ1n) is 10.5. The largest absolute Gasteiger partial charge is 0.493 e. The Morgan fingerprint density at radius 3 is 2.50 bits per heavy atom. The van der Waals surface area contributed by atoms with Crippen molar-refractivity contribution in [3.63, 3.8) is 0 Å². The van der Waals surface area contributed by atoms with Crippen molar-refractivity contribution in [1.82, 2.24) is 0 Å². The Labute approximate surface area is 194 Å². The topological polar surface area (TPSA) is 85.3 Å². The van der Waals surface area contributed by atoms with Crippen LogP contribution >= 0.6 is 0 Å². The second kappa shape index (κ2) is 10.2. The van der Waals surface area contributed by atoms with Crippen molar-refractivity contribution in [2.24, 2.45) is 0 Å². The second-order valence-electron chi connectivity index (χ2n) is 7.47. The maximum Gasteiger partial charge on any atom is 0.387 e. The van der Waals surface area contributed by atoms with E-state index >= 15 is 0 Å². The summed E-state index contributed by atoms with van der Waals surface area (Å²) in [5, 5.41) is 8.74. The number of hydrogen-bond acceptors (Lipinski definition) is 5. The van der Waals surface area contributed by atoms with Gasteiger partial charge in [-0.3, -0.25) is 4.79 Å². The molecule has 0 fully saturated rings. The quantitative estimate of drug-likeness (QED) is 0.470. The summed E-state index contributed by atoms with van der Waals surface area (Å²) >= 11 is 0. The molecule has 0 radical (unpaired) electrons. The Balaban J connectivity index is 1.40. The number of benzene rings is 3. The van der Waals surface area contributed by atoms with Gasteiger partial charge in [0.05, 0.1) is 13.2 Å². The molecule has 1 heterocycles. The SMILES string of the molecule is O=C(O)COc1cccc(CCOc2cccc3c2CN(c2ccc(OC(F)F)cc2)C3=O)c1. The molecule has 0 unspecified atom stereocenters. The molecule has 3 aromatic rings. The monoisotopic (exact) mass is 469 g/mol. The summed E-state index contributed by atoms with van der Waals surface area (Å²) in [6.07, 6.45) is 0.553. The number of carbonyl (C=O) groups is 2. The molecule has 176 valence electrons. The van der Waals surface area contributed by atoms with E-state index in [9.17, 15) is 18.4 Å². The van der Waals surface area contributed by atoms with Gasteiger partial charge in [0, 0.05) is 23.2 Å². The van der Waals surface area contributed by atoms with Gasteiger partial charge >= 0.3 is 12.6 Å². The Morgan fingerprint density at radius 1 is 1.00 bits per heavy atom. The second-order valence-corrected chi connectivity index (χ2v) is 7.47. The van der Waals surface area contributed by atoms with Crippen LogP contribution in [-0.2, 0) is 17.8 Å². The van der Waals surface area contributed by atoms with Gasteiger partial charge in [-0.25, -0.2) is 4.79 Å². The number of carbonyl (C=O) groups excluding carboxylic acids is 1. The molecule has 9 heteroatoms. The van der Waals surface area contributed by atoms with Crippen molar-refractivity contribution >= 4 is 17.6 Å². The highest BCUT2D eigenvalue weighted by molar-refractivity contribution is 6.10. The normalized spacial score (nSPS) is 12.6. The zero-order chi connectivity index (χ0) is 24.1. The van der Waals surface area contributed by atoms with E-state index in [0.717, 1.165) is 11.1 Å². The van der Waals surface area contributed by atoms with Gasteiger partial charge in [0.2, 0.25) is 0 Å². The predicted octanol–water partition coefficient (Wildman–Crippen LogP) is 4.53. The lowest BCUT2D eigenvalue weighted by molar-refractivity contribution is -0.139. The number of rotatable bonds is 10. The molecule has 0 saturated heterocycles. The van der Waals surface area contributed by atoms with Crippen LogP contribution in [0.15, 0.2) is 66.7 Å². The Hall–Kier alpha value is -4.14. The summed E-state index contributed by atoms with van der Waals surface area (Å²) < 4.78 is 40.3. The molecule has 0 bridgehead atoms. The molecule has 7 nitrogen and oxygen atoms in total. The van der Waals surface area contributed by atoms with Gasteiger partial charge in [-0.1, -0.05) is 18.2 Å². The zero-order valence-corrected chi connectivity index (χ0v) is 17.9. The molecule has 3 aromatic carbocycles. The number of ether oxygens (including phenoxy) is 3. The molecule has 1 aliphatic heterocycles. The first-order valence-corrected chi connectivity index (χ1v) is 10.5. The molecular formula is C25H21F2NO6. The number of nitrogens with zero attached hydrogens (tertiary/aromatic N) is 1. The van der Waals surface area contributed by atoms with Crippen LogP contribution in [0.1, 0.15) is 21.5 Å². The fraction of sp³-hybridized carbons (Fsp3) is 0.200. The van der Waals surface area contributed by atoms with Crippen LogP contribution in [0.4, 0.5) is 14.5 Å². The molecule has 0 atom stereocenters. The summed E-state index contributed by atoms with van der Waals surface area (Å²) in [7, 11) is 0. The fourth-order valence-electron chi connectivity index (χ4n) is 3.67. The molecule has 1 N–H and O–H groups in total. The minimum Gasteiger partial charge on any atom is -0.493 e. The van der Waals surface area contributed by atoms with Crippen LogP contribution in [0, 0.1) is 0 Å². The van der Waals surface area contributed by atoms with E-state index in [4.69, 9.17) is 14.6 Å². The number of anilines is 1. The average molecular weight is 469 g/mol. The van der Waals surface area contributed by atoms with Gasteiger partial charge in [-0.05, 0) is 54.1 Å². The van der Waals surface area contributed by atoms with Crippen molar-refractivity contribution in [2.45, 2.75) is 19.6 Å². The summed E-state index contributed by atoms with van der Waals surface area (Å²) in [5.74, 6) is -0.181. The van der Waals surface area contributed by atoms with Gasteiger partial charge in [0.15, 0.2) is 6.61 Å². The van der Waals surface area contributed by atoms with Crippen LogP contribution in [0.25, 0.3) is 0 Å². The lowest BCUT2D eigenvalue weighted by atomic mass is 10.1. The van der Waals surface area contributed by atoms with Gasteiger partial charge in [-0.2, -0.15) is 8.78 Å². The van der Waals surface area contributed by atoms with Gasteiger partial charge in [0.1, 0.15) is 17.2 Å². The van der Waals surface area contributed by atoms with E-state index in [0.29, 0.717) is 35.8 Å². The third-order valence-corrected chi connectivity index (χ3v) is 5.21. The standard InChI is InChI=1S/C25H21F2NO6/c26-25(27)34-18-9-7-17(8-10-18)28-14-21-20(24(28)31)5-2-6-22(21)32-12-11-16-3-1-4-19(13-16)33-15-23(29)30/h1-10,13,25H,11-12,14-15H2,(H,29,30). The van der Waals surface area contributed by atoms with Gasteiger partial charge in [-0.15, -0.1) is 0 Å². The molecule has 0 aliphatic carbocycles. The zero-order valence-electron chi connectivity index (χ0n) is 17.9. The van der Waals surface area contributed by atoms with Crippen molar-refractivity contribution in [3.8, 4) is 17.2 Å². The van der Waals surface area contributed by atoms with Gasteiger partial charge in [0.25, 0.3) is 5.91 Å². The summed E-state index contributed by atoms with van der Waals surface area (Å²) in [4.78, 5) is 25.1. The Bertz CT molecular complexity index is 1180. The highest BCUT2D eigenvalue weighted by Gasteiger charge is 2.31. The van der Waals surface area contributed by atoms with Crippen molar-refractivity contribution in [1.29, 1.82) is 0 Å². The maximum absolute atomic E-state index is 12.9. The number of alkyl halides is 2. The minimum atomic E-state index is -2.91. The first-order chi connectivity index (χ1) is 16.4. The number of aliphatic carboxylic acids is 1. The molecule has 34 heavy (non-hydrogen) atoms. The number of carboxylic acid groups (broad SMARTS) is 1.